The Morgan fingerprint density at radius 2 is 1.15 bits per heavy atom. The summed E-state index contributed by atoms with van der Waals surface area (Å²) in [5, 5.41) is 12.7. The minimum atomic E-state index is -2.53. The summed E-state index contributed by atoms with van der Waals surface area (Å²) in [6, 6.07) is 11.8. The van der Waals surface area contributed by atoms with Gasteiger partial charge < -0.3 is 23.7 Å². The van der Waals surface area contributed by atoms with E-state index in [0.29, 0.717) is 47.5 Å². The van der Waals surface area contributed by atoms with Crippen molar-refractivity contribution in [2.75, 3.05) is 13.2 Å². The van der Waals surface area contributed by atoms with Crippen molar-refractivity contribution in [1.82, 2.24) is 49.0 Å². The Hall–Kier alpha value is -5.18. The molecule has 302 valence electrons. The molecule has 10 rings (SSSR count). The summed E-state index contributed by atoms with van der Waals surface area (Å²) in [6.07, 6.45) is 13.7. The van der Waals surface area contributed by atoms with E-state index in [-0.39, 0.29) is 35.7 Å². The summed E-state index contributed by atoms with van der Waals surface area (Å²) in [6.45, 7) is 0.715. The molecule has 0 bridgehead atoms. The van der Waals surface area contributed by atoms with Crippen molar-refractivity contribution in [3.8, 4) is 0 Å². The second-order valence-corrected chi connectivity index (χ2v) is 15.9. The number of hydrogen-bond acceptors (Lipinski definition) is 11. The molecule has 8 heterocycles. The number of fused-ring (bicyclic) bond motifs is 6. The van der Waals surface area contributed by atoms with Gasteiger partial charge >= 0.3 is 0 Å². The van der Waals surface area contributed by atoms with Gasteiger partial charge in [0, 0.05) is 81.7 Å². The zero-order chi connectivity index (χ0) is 44.9. The smallest absolute Gasteiger partial charge is 0.116 e. The van der Waals surface area contributed by atoms with E-state index >= 15 is 0 Å². The number of pyridine rings is 2. The first-order chi connectivity index (χ1) is 30.6. The summed E-state index contributed by atoms with van der Waals surface area (Å²) < 4.78 is 53.4. The van der Waals surface area contributed by atoms with Crippen LogP contribution in [0.25, 0.3) is 43.9 Å². The first kappa shape index (κ1) is 33.6. The van der Waals surface area contributed by atoms with Gasteiger partial charge in [-0.2, -0.15) is 0 Å². The minimum absolute atomic E-state index is 0.0159. The second-order valence-electron chi connectivity index (χ2n) is 15.1. The van der Waals surface area contributed by atoms with Gasteiger partial charge in [-0.1, -0.05) is 23.2 Å². The van der Waals surface area contributed by atoms with Crippen LogP contribution in [0.1, 0.15) is 92.9 Å². The third-order valence-electron chi connectivity index (χ3n) is 11.0. The van der Waals surface area contributed by atoms with E-state index in [1.54, 1.807) is 12.4 Å². The van der Waals surface area contributed by atoms with Gasteiger partial charge in [-0.15, -0.1) is 0 Å². The van der Waals surface area contributed by atoms with Crippen LogP contribution in [0.5, 0.6) is 0 Å². The third-order valence-corrected chi connectivity index (χ3v) is 11.4. The largest absolute Gasteiger partial charge is 0.390 e. The molecule has 1 N–H and O–H groups in total. The van der Waals surface area contributed by atoms with Crippen molar-refractivity contribution in [3.63, 3.8) is 0 Å². The van der Waals surface area contributed by atoms with Crippen LogP contribution in [-0.4, -0.2) is 79.5 Å². The summed E-state index contributed by atoms with van der Waals surface area (Å²) in [5.41, 5.74) is 6.42. The lowest BCUT2D eigenvalue weighted by Gasteiger charge is -2.30. The number of aryl methyl sites for hydroxylation is 1. The van der Waals surface area contributed by atoms with Crippen LogP contribution < -0.4 is 0 Å². The van der Waals surface area contributed by atoms with Crippen molar-refractivity contribution in [3.05, 3.63) is 118 Å². The lowest BCUT2D eigenvalue weighted by atomic mass is 10.0. The molecule has 0 saturated carbocycles. The number of aliphatic hydroxyl groups is 1. The zero-order valence-electron chi connectivity index (χ0n) is 37.4. The molecular formula is C44H44Cl2N10O3. The highest BCUT2D eigenvalue weighted by Crippen LogP contribution is 2.36. The third kappa shape index (κ3) is 8.22. The summed E-state index contributed by atoms with van der Waals surface area (Å²) >= 11 is 12.6. The molecule has 2 saturated heterocycles. The fraction of sp³-hybridized carbons (Fsp3) is 0.364. The lowest BCUT2D eigenvalue weighted by molar-refractivity contribution is 0.00609. The summed E-state index contributed by atoms with van der Waals surface area (Å²) in [5.74, 6) is 1.66. The molecule has 2 fully saturated rings. The highest BCUT2D eigenvalue weighted by Gasteiger charge is 2.28. The number of halogens is 2. The molecule has 13 nitrogen and oxygen atoms in total. The number of benzene rings is 2. The van der Waals surface area contributed by atoms with E-state index in [1.165, 1.54) is 24.8 Å². The summed E-state index contributed by atoms with van der Waals surface area (Å²) in [7, 11) is 0. The van der Waals surface area contributed by atoms with E-state index in [2.05, 4.69) is 52.9 Å². The average Bonchev–Trinajstić information content (AvgIpc) is 3.82. The van der Waals surface area contributed by atoms with Crippen molar-refractivity contribution in [2.24, 2.45) is 0 Å². The first-order valence-corrected chi connectivity index (χ1v) is 20.3. The Morgan fingerprint density at radius 1 is 0.661 bits per heavy atom. The fourth-order valence-corrected chi connectivity index (χ4v) is 8.67. The normalized spacial score (nSPS) is 21.4. The molecule has 59 heavy (non-hydrogen) atoms. The Morgan fingerprint density at radius 3 is 1.59 bits per heavy atom. The molecule has 0 amide bonds. The number of nitrogens with zero attached hydrogens (tertiary/aromatic N) is 10. The highest BCUT2D eigenvalue weighted by molar-refractivity contribution is 6.32. The Balaban J connectivity index is 0.000000162. The number of rotatable bonds is 7. The summed E-state index contributed by atoms with van der Waals surface area (Å²) in [4.78, 5) is 35.7. The topological polar surface area (TPSA) is 152 Å². The van der Waals surface area contributed by atoms with Gasteiger partial charge in [0.15, 0.2) is 0 Å². The molecule has 0 aliphatic carbocycles. The molecule has 8 aromatic rings. The molecule has 4 atom stereocenters. The number of imidazole rings is 2. The van der Waals surface area contributed by atoms with Crippen LogP contribution in [0, 0.1) is 6.85 Å². The zero-order valence-corrected chi connectivity index (χ0v) is 33.9. The Bertz CT molecular complexity index is 2780. The lowest BCUT2D eigenvalue weighted by Crippen LogP contribution is -2.26. The number of ether oxygens (including phenoxy) is 2. The predicted molar refractivity (Wildman–Crippen MR) is 228 cm³/mol. The molecule has 0 radical (unpaired) electrons. The average molecular weight is 837 g/mol. The van der Waals surface area contributed by atoms with Gasteiger partial charge in [-0.3, -0.25) is 29.9 Å². The van der Waals surface area contributed by atoms with Crippen molar-refractivity contribution < 1.29 is 21.4 Å². The van der Waals surface area contributed by atoms with Gasteiger partial charge in [-0.25, -0.2) is 9.97 Å². The van der Waals surface area contributed by atoms with Gasteiger partial charge in [0.1, 0.15) is 22.7 Å². The maximum Gasteiger partial charge on any atom is 0.116 e. The maximum atomic E-state index is 9.51. The molecule has 0 unspecified atom stereocenters. The molecule has 0 spiro atoms. The maximum absolute atomic E-state index is 9.51. The van der Waals surface area contributed by atoms with Gasteiger partial charge in [0.25, 0.3) is 0 Å². The van der Waals surface area contributed by atoms with Crippen LogP contribution in [-0.2, 0) is 28.9 Å². The van der Waals surface area contributed by atoms with Gasteiger partial charge in [0.2, 0.25) is 0 Å². The molecule has 2 aromatic carbocycles. The van der Waals surface area contributed by atoms with Gasteiger partial charge in [0.05, 0.1) is 84.9 Å². The Kier molecular flexibility index (Phi) is 9.59. The molecule has 2 aliphatic heterocycles. The number of hydrogen-bond donors (Lipinski definition) is 1. The fourth-order valence-electron chi connectivity index (χ4n) is 8.32. The molecular weight excluding hydrogens is 787 g/mol. The van der Waals surface area contributed by atoms with Crippen LogP contribution in [0.2, 0.25) is 10.0 Å². The van der Waals surface area contributed by atoms with Crippen LogP contribution in [0.15, 0.2) is 73.6 Å². The van der Waals surface area contributed by atoms with E-state index in [0.717, 1.165) is 81.2 Å². The molecule has 6 aromatic heterocycles. The SMILES string of the molecule is [2H]C([2H])(O)c1cnc(Cc2nc3cnc4ccc(Cl)cc4c3n2[C@@H]2CCO[C@H](C)C2)cn1.[2H]C([2H])([2H])c1cnc(Cc2nc3cnc4ccc(Cl)cc4c3n2[C@@H]2CCO[C@H](C)C2)cn1. The molecule has 15 heteroatoms. The minimum Gasteiger partial charge on any atom is -0.390 e. The van der Waals surface area contributed by atoms with Crippen LogP contribution in [0.4, 0.5) is 0 Å². The van der Waals surface area contributed by atoms with Crippen molar-refractivity contribution >= 4 is 67.1 Å². The van der Waals surface area contributed by atoms with E-state index in [4.69, 9.17) is 49.5 Å². The monoisotopic (exact) mass is 835 g/mol. The predicted octanol–water partition coefficient (Wildman–Crippen LogP) is 8.52. The van der Waals surface area contributed by atoms with Crippen LogP contribution >= 0.6 is 23.2 Å². The second kappa shape index (κ2) is 16.8. The van der Waals surface area contributed by atoms with E-state index in [1.807, 2.05) is 36.4 Å². The highest BCUT2D eigenvalue weighted by atomic mass is 35.5. The van der Waals surface area contributed by atoms with E-state index < -0.39 is 13.4 Å². The molecule has 2 aliphatic rings. The first-order valence-electron chi connectivity index (χ1n) is 22.1. The van der Waals surface area contributed by atoms with Crippen LogP contribution in [0.3, 0.4) is 0 Å². The van der Waals surface area contributed by atoms with Crippen molar-refractivity contribution in [1.29, 1.82) is 0 Å². The van der Waals surface area contributed by atoms with Crippen molar-refractivity contribution in [2.45, 2.75) is 90.1 Å². The quantitative estimate of drug-likeness (QED) is 0.165. The number of aromatic nitrogens is 10. The van der Waals surface area contributed by atoms with Gasteiger partial charge in [-0.05, 0) is 82.8 Å². The standard InChI is InChI=1S/C22H22ClN5O2.C22H22ClN5O/c1-13-6-17(4-5-30-13)28-21(8-15-9-25-16(12-29)10-24-15)27-20-11-26-19-3-2-14(23)7-18(19)22(20)28;1-13-10-25-16(11-24-13)9-21-27-20-12-26-19-4-3-15(23)8-18(19)22(20)28(21)17-5-6-29-14(2)7-17/h2-3,7,9-11,13,17,29H,4-6,8,12H2,1H3;3-4,8,10-12,14,17H,5-7,9H2,1-2H3/t13-,17-;14-,17-/m11/s1/i12D2;1D3. The Labute approximate surface area is 357 Å². The van der Waals surface area contributed by atoms with E-state index in [9.17, 15) is 5.11 Å².